The van der Waals surface area contributed by atoms with E-state index >= 15 is 0 Å². The molecule has 15 heavy (non-hydrogen) atoms. The molecule has 1 rings (SSSR count). The molecular formula is C9H7NO4S. The van der Waals surface area contributed by atoms with Crippen molar-refractivity contribution in [3.63, 3.8) is 0 Å². The number of methoxy groups -OCH3 is 1. The van der Waals surface area contributed by atoms with Crippen LogP contribution in [-0.4, -0.2) is 29.1 Å². The van der Waals surface area contributed by atoms with Crippen LogP contribution >= 0.6 is 11.3 Å². The van der Waals surface area contributed by atoms with Crippen LogP contribution in [0.25, 0.3) is 0 Å². The van der Waals surface area contributed by atoms with Crippen molar-refractivity contribution in [1.29, 1.82) is 0 Å². The molecule has 0 saturated carbocycles. The molecule has 0 radical (unpaired) electrons. The monoisotopic (exact) mass is 225 g/mol. The molecule has 0 amide bonds. The fraction of sp³-hybridized carbons (Fsp3) is 0.222. The minimum absolute atomic E-state index is 0.0293. The number of nitrogens with zero attached hydrogens (tertiary/aromatic N) is 1. The van der Waals surface area contributed by atoms with Gasteiger partial charge in [-0.2, -0.15) is 0 Å². The maximum absolute atomic E-state index is 10.7. The van der Waals surface area contributed by atoms with Crippen LogP contribution in [0.5, 0.6) is 0 Å². The molecule has 0 spiro atoms. The summed E-state index contributed by atoms with van der Waals surface area (Å²) in [4.78, 5) is 25.1. The first-order valence-electron chi connectivity index (χ1n) is 3.88. The lowest BCUT2D eigenvalue weighted by molar-refractivity contribution is -0.139. The zero-order chi connectivity index (χ0) is 11.3. The van der Waals surface area contributed by atoms with Crippen molar-refractivity contribution in [3.05, 3.63) is 16.1 Å². The highest BCUT2D eigenvalue weighted by molar-refractivity contribution is 7.14. The first-order chi connectivity index (χ1) is 7.13. The van der Waals surface area contributed by atoms with Gasteiger partial charge in [-0.05, 0) is 5.92 Å². The Bertz CT molecular complexity index is 440. The van der Waals surface area contributed by atoms with E-state index in [0.717, 1.165) is 11.3 Å². The third kappa shape index (κ3) is 3.40. The summed E-state index contributed by atoms with van der Waals surface area (Å²) in [7, 11) is 1.27. The number of hydrogen-bond acceptors (Lipinski definition) is 5. The Labute approximate surface area is 89.7 Å². The molecule has 0 unspecified atom stereocenters. The summed E-state index contributed by atoms with van der Waals surface area (Å²) < 4.78 is 4.38. The van der Waals surface area contributed by atoms with Gasteiger partial charge < -0.3 is 9.84 Å². The van der Waals surface area contributed by atoms with Gasteiger partial charge in [0.2, 0.25) is 0 Å². The van der Waals surface area contributed by atoms with Crippen molar-refractivity contribution in [1.82, 2.24) is 4.98 Å². The van der Waals surface area contributed by atoms with Gasteiger partial charge in [0.25, 0.3) is 0 Å². The van der Waals surface area contributed by atoms with E-state index < -0.39 is 11.9 Å². The van der Waals surface area contributed by atoms with E-state index in [-0.39, 0.29) is 11.3 Å². The van der Waals surface area contributed by atoms with Crippen LogP contribution in [0.2, 0.25) is 0 Å². The predicted octanol–water partition coefficient (Wildman–Crippen LogP) is 0.756. The quantitative estimate of drug-likeness (QED) is 0.593. The third-order valence-electron chi connectivity index (χ3n) is 1.37. The van der Waals surface area contributed by atoms with Crippen LogP contribution in [0.3, 0.4) is 0 Å². The second-order valence-corrected chi connectivity index (χ2v) is 3.42. The number of aromatic carboxylic acids is 1. The van der Waals surface area contributed by atoms with Gasteiger partial charge in [-0.1, -0.05) is 17.3 Å². The molecule has 1 aromatic heterocycles. The SMILES string of the molecule is COC(=O)CC#Cc1ncc(C(=O)O)s1. The van der Waals surface area contributed by atoms with Crippen molar-refractivity contribution in [2.24, 2.45) is 0 Å². The highest BCUT2D eigenvalue weighted by Gasteiger charge is 2.06. The Balaban J connectivity index is 2.64. The lowest BCUT2D eigenvalue weighted by atomic mass is 10.4. The van der Waals surface area contributed by atoms with Gasteiger partial charge in [-0.3, -0.25) is 4.79 Å². The fourth-order valence-electron chi connectivity index (χ4n) is 0.695. The van der Waals surface area contributed by atoms with Crippen molar-refractivity contribution >= 4 is 23.3 Å². The molecule has 0 aliphatic rings. The number of rotatable bonds is 2. The standard InChI is InChI=1S/C9H7NO4S/c1-14-8(11)4-2-3-7-10-5-6(15-7)9(12)13/h5H,4H2,1H3,(H,12,13). The number of carboxylic acid groups (broad SMARTS) is 1. The van der Waals surface area contributed by atoms with Crippen LogP contribution in [0, 0.1) is 11.8 Å². The van der Waals surface area contributed by atoms with Gasteiger partial charge in [0.1, 0.15) is 11.3 Å². The van der Waals surface area contributed by atoms with E-state index in [1.807, 2.05) is 0 Å². The fourth-order valence-corrected chi connectivity index (χ4v) is 1.32. The Hall–Kier alpha value is -1.87. The third-order valence-corrected chi connectivity index (χ3v) is 2.27. The van der Waals surface area contributed by atoms with Crippen LogP contribution < -0.4 is 0 Å². The van der Waals surface area contributed by atoms with E-state index in [2.05, 4.69) is 21.6 Å². The van der Waals surface area contributed by atoms with E-state index in [1.165, 1.54) is 13.3 Å². The highest BCUT2D eigenvalue weighted by atomic mass is 32.1. The normalized spacial score (nSPS) is 8.87. The van der Waals surface area contributed by atoms with Gasteiger partial charge in [0.05, 0.1) is 13.3 Å². The van der Waals surface area contributed by atoms with E-state index in [1.54, 1.807) is 0 Å². The molecule has 0 bridgehead atoms. The molecule has 6 heteroatoms. The minimum atomic E-state index is -1.03. The number of carboxylic acids is 1. The van der Waals surface area contributed by atoms with E-state index in [0.29, 0.717) is 5.01 Å². The number of carbonyl (C=O) groups is 2. The lowest BCUT2D eigenvalue weighted by Gasteiger charge is -1.88. The Morgan fingerprint density at radius 2 is 2.40 bits per heavy atom. The molecule has 0 aromatic carbocycles. The van der Waals surface area contributed by atoms with Gasteiger partial charge in [0, 0.05) is 0 Å². The molecule has 1 heterocycles. The summed E-state index contributed by atoms with van der Waals surface area (Å²) in [6, 6.07) is 0. The molecule has 78 valence electrons. The highest BCUT2D eigenvalue weighted by Crippen LogP contribution is 2.11. The molecule has 5 nitrogen and oxygen atoms in total. The van der Waals surface area contributed by atoms with Gasteiger partial charge in [-0.15, -0.1) is 0 Å². The predicted molar refractivity (Wildman–Crippen MR) is 52.6 cm³/mol. The van der Waals surface area contributed by atoms with Crippen molar-refractivity contribution < 1.29 is 19.4 Å². The van der Waals surface area contributed by atoms with E-state index in [9.17, 15) is 9.59 Å². The first-order valence-corrected chi connectivity index (χ1v) is 4.70. The van der Waals surface area contributed by atoms with Crippen molar-refractivity contribution in [2.45, 2.75) is 6.42 Å². The van der Waals surface area contributed by atoms with Crippen LogP contribution in [0.1, 0.15) is 21.1 Å². The number of ether oxygens (including phenoxy) is 1. The number of carbonyl (C=O) groups excluding carboxylic acids is 1. The smallest absolute Gasteiger partial charge is 0.347 e. The summed E-state index contributed by atoms with van der Waals surface area (Å²) >= 11 is 0.964. The summed E-state index contributed by atoms with van der Waals surface area (Å²) in [6.07, 6.45) is 1.20. The minimum Gasteiger partial charge on any atom is -0.477 e. The molecule has 0 atom stereocenters. The largest absolute Gasteiger partial charge is 0.477 e. The number of esters is 1. The van der Waals surface area contributed by atoms with Crippen molar-refractivity contribution in [3.8, 4) is 11.8 Å². The molecular weight excluding hydrogens is 218 g/mol. The topological polar surface area (TPSA) is 76.5 Å². The lowest BCUT2D eigenvalue weighted by Crippen LogP contribution is -1.96. The number of hydrogen-bond donors (Lipinski definition) is 1. The molecule has 0 aliphatic carbocycles. The molecule has 1 N–H and O–H groups in total. The Kier molecular flexibility index (Phi) is 3.83. The second kappa shape index (κ2) is 5.12. The van der Waals surface area contributed by atoms with Gasteiger partial charge >= 0.3 is 11.9 Å². The van der Waals surface area contributed by atoms with Gasteiger partial charge in [-0.25, -0.2) is 9.78 Å². The van der Waals surface area contributed by atoms with E-state index in [4.69, 9.17) is 5.11 Å². The average molecular weight is 225 g/mol. The molecule has 1 aromatic rings. The first kappa shape index (κ1) is 11.2. The van der Waals surface area contributed by atoms with Crippen molar-refractivity contribution in [2.75, 3.05) is 7.11 Å². The zero-order valence-corrected chi connectivity index (χ0v) is 8.63. The van der Waals surface area contributed by atoms with Crippen LogP contribution in [0.4, 0.5) is 0 Å². The van der Waals surface area contributed by atoms with Crippen LogP contribution in [-0.2, 0) is 9.53 Å². The Morgan fingerprint density at radius 1 is 1.67 bits per heavy atom. The number of aromatic nitrogens is 1. The Morgan fingerprint density at radius 3 is 2.93 bits per heavy atom. The van der Waals surface area contributed by atoms with Crippen LogP contribution in [0.15, 0.2) is 6.20 Å². The summed E-state index contributed by atoms with van der Waals surface area (Å²) in [5, 5.41) is 8.97. The summed E-state index contributed by atoms with van der Waals surface area (Å²) in [5.41, 5.74) is 0. The number of thiazole rings is 1. The maximum Gasteiger partial charge on any atom is 0.347 e. The summed E-state index contributed by atoms with van der Waals surface area (Å²) in [5.74, 6) is 3.65. The second-order valence-electron chi connectivity index (χ2n) is 2.39. The summed E-state index contributed by atoms with van der Waals surface area (Å²) in [6.45, 7) is 0. The molecule has 0 aliphatic heterocycles. The average Bonchev–Trinajstić information content (AvgIpc) is 2.66. The molecule has 0 saturated heterocycles. The van der Waals surface area contributed by atoms with Gasteiger partial charge in [0.15, 0.2) is 5.01 Å². The zero-order valence-electron chi connectivity index (χ0n) is 7.81. The molecule has 0 fully saturated rings. The maximum atomic E-state index is 10.7.